The molecule has 0 N–H and O–H groups in total. The molecule has 6 nitrogen and oxygen atoms in total. The van der Waals surface area contributed by atoms with Gasteiger partial charge >= 0.3 is 11.9 Å². The Morgan fingerprint density at radius 3 is 2.03 bits per heavy atom. The van der Waals surface area contributed by atoms with Crippen LogP contribution in [0.25, 0.3) is 6.08 Å². The maximum absolute atomic E-state index is 13.3. The van der Waals surface area contributed by atoms with Gasteiger partial charge in [-0.1, -0.05) is 66.7 Å². The zero-order valence-corrected chi connectivity index (χ0v) is 19.1. The molecule has 0 spiro atoms. The molecule has 6 heteroatoms. The van der Waals surface area contributed by atoms with Crippen LogP contribution in [0.5, 0.6) is 11.5 Å². The first-order valence-electron chi connectivity index (χ1n) is 10.9. The van der Waals surface area contributed by atoms with Crippen LogP contribution < -0.4 is 9.47 Å². The van der Waals surface area contributed by atoms with Crippen LogP contribution in [0.15, 0.2) is 84.4 Å². The fourth-order valence-electron chi connectivity index (χ4n) is 3.40. The van der Waals surface area contributed by atoms with Crippen molar-refractivity contribution in [3.8, 4) is 17.6 Å². The van der Waals surface area contributed by atoms with Crippen molar-refractivity contribution in [2.45, 2.75) is 19.8 Å². The van der Waals surface area contributed by atoms with Crippen LogP contribution in [0.2, 0.25) is 0 Å². The monoisotopic (exact) mass is 455 g/mol. The SMILES string of the molecule is CCOC(=O)/C(C#N)=C/c1ccc(OC(=O)C(c2ccccc2)c2ccccc2)c(OCC)c1. The molecule has 0 amide bonds. The van der Waals surface area contributed by atoms with Gasteiger partial charge < -0.3 is 14.2 Å². The Labute approximate surface area is 199 Å². The smallest absolute Gasteiger partial charge is 0.348 e. The second-order valence-electron chi connectivity index (χ2n) is 7.20. The van der Waals surface area contributed by atoms with Crippen molar-refractivity contribution in [3.63, 3.8) is 0 Å². The van der Waals surface area contributed by atoms with Crippen molar-refractivity contribution >= 4 is 18.0 Å². The van der Waals surface area contributed by atoms with Gasteiger partial charge in [-0.25, -0.2) is 4.79 Å². The number of carbonyl (C=O) groups excluding carboxylic acids is 2. The normalized spacial score (nSPS) is 10.9. The summed E-state index contributed by atoms with van der Waals surface area (Å²) in [6.07, 6.45) is 1.41. The summed E-state index contributed by atoms with van der Waals surface area (Å²) in [6.45, 7) is 3.98. The Morgan fingerprint density at radius 2 is 1.50 bits per heavy atom. The highest BCUT2D eigenvalue weighted by Gasteiger charge is 2.26. The Hall–Kier alpha value is -4.37. The van der Waals surface area contributed by atoms with Gasteiger partial charge in [-0.15, -0.1) is 0 Å². The maximum Gasteiger partial charge on any atom is 0.348 e. The predicted molar refractivity (Wildman–Crippen MR) is 128 cm³/mol. The number of benzene rings is 3. The van der Waals surface area contributed by atoms with Crippen molar-refractivity contribution in [1.29, 1.82) is 5.26 Å². The molecule has 0 radical (unpaired) electrons. The van der Waals surface area contributed by atoms with Crippen molar-refractivity contribution < 1.29 is 23.8 Å². The summed E-state index contributed by atoms with van der Waals surface area (Å²) < 4.78 is 16.4. The Morgan fingerprint density at radius 1 is 0.882 bits per heavy atom. The van der Waals surface area contributed by atoms with E-state index in [0.29, 0.717) is 17.9 Å². The molecule has 0 fully saturated rings. The number of ether oxygens (including phenoxy) is 3. The molecular formula is C28H25NO5. The minimum atomic E-state index is -0.702. The maximum atomic E-state index is 13.3. The average Bonchev–Trinajstić information content (AvgIpc) is 2.86. The van der Waals surface area contributed by atoms with Gasteiger partial charge in [-0.2, -0.15) is 5.26 Å². The second-order valence-corrected chi connectivity index (χ2v) is 7.20. The first-order valence-corrected chi connectivity index (χ1v) is 10.9. The molecule has 172 valence electrons. The van der Waals surface area contributed by atoms with E-state index < -0.39 is 17.9 Å². The van der Waals surface area contributed by atoms with Crippen molar-refractivity contribution in [2.75, 3.05) is 13.2 Å². The van der Waals surface area contributed by atoms with E-state index >= 15 is 0 Å². The molecular weight excluding hydrogens is 430 g/mol. The molecule has 0 saturated carbocycles. The Kier molecular flexibility index (Phi) is 8.59. The fraction of sp³-hybridized carbons (Fsp3) is 0.179. The van der Waals surface area contributed by atoms with Crippen LogP contribution >= 0.6 is 0 Å². The lowest BCUT2D eigenvalue weighted by atomic mass is 9.91. The van der Waals surface area contributed by atoms with Gasteiger partial charge in [0, 0.05) is 0 Å². The average molecular weight is 456 g/mol. The van der Waals surface area contributed by atoms with Gasteiger partial charge in [-0.05, 0) is 48.7 Å². The molecule has 0 aliphatic carbocycles. The highest BCUT2D eigenvalue weighted by molar-refractivity contribution is 5.98. The first-order chi connectivity index (χ1) is 16.6. The van der Waals surface area contributed by atoms with E-state index in [-0.39, 0.29) is 17.9 Å². The number of esters is 2. The summed E-state index contributed by atoms with van der Waals surface area (Å²) in [5, 5.41) is 9.29. The molecule has 0 aromatic heterocycles. The third kappa shape index (κ3) is 6.11. The van der Waals surface area contributed by atoms with Crippen LogP contribution in [0.3, 0.4) is 0 Å². The number of carbonyl (C=O) groups is 2. The van der Waals surface area contributed by atoms with Gasteiger partial charge in [-0.3, -0.25) is 4.79 Å². The van der Waals surface area contributed by atoms with Gasteiger partial charge in [0.05, 0.1) is 13.2 Å². The molecule has 3 rings (SSSR count). The summed E-state index contributed by atoms with van der Waals surface area (Å²) in [5.74, 6) is -1.20. The van der Waals surface area contributed by atoms with Crippen LogP contribution in [0.1, 0.15) is 36.5 Å². The van der Waals surface area contributed by atoms with Gasteiger partial charge in [0.1, 0.15) is 17.6 Å². The summed E-state index contributed by atoms with van der Waals surface area (Å²) >= 11 is 0. The fourth-order valence-corrected chi connectivity index (χ4v) is 3.40. The molecule has 0 aliphatic heterocycles. The van der Waals surface area contributed by atoms with E-state index in [0.717, 1.165) is 11.1 Å². The molecule has 34 heavy (non-hydrogen) atoms. The van der Waals surface area contributed by atoms with E-state index in [2.05, 4.69) is 0 Å². The van der Waals surface area contributed by atoms with Crippen LogP contribution in [0, 0.1) is 11.3 Å². The first kappa shape index (κ1) is 24.3. The predicted octanol–water partition coefficient (Wildman–Crippen LogP) is 5.29. The summed E-state index contributed by atoms with van der Waals surface area (Å²) in [4.78, 5) is 25.3. The minimum Gasteiger partial charge on any atom is -0.490 e. The molecule has 0 aliphatic rings. The molecule has 0 atom stereocenters. The molecule has 0 bridgehead atoms. The number of nitrogens with zero attached hydrogens (tertiary/aromatic N) is 1. The van der Waals surface area contributed by atoms with Gasteiger partial charge in [0.2, 0.25) is 0 Å². The molecule has 3 aromatic rings. The Bertz CT molecular complexity index is 1160. The van der Waals surface area contributed by atoms with E-state index in [1.807, 2.05) is 73.7 Å². The molecule has 0 unspecified atom stereocenters. The highest BCUT2D eigenvalue weighted by atomic mass is 16.6. The summed E-state index contributed by atoms with van der Waals surface area (Å²) in [5.41, 5.74) is 2.02. The van der Waals surface area contributed by atoms with E-state index in [1.165, 1.54) is 6.08 Å². The summed E-state index contributed by atoms with van der Waals surface area (Å²) in [6, 6.07) is 25.5. The van der Waals surface area contributed by atoms with E-state index in [4.69, 9.17) is 14.2 Å². The van der Waals surface area contributed by atoms with Crippen molar-refractivity contribution in [3.05, 3.63) is 101 Å². The molecule has 0 heterocycles. The lowest BCUT2D eigenvalue weighted by Crippen LogP contribution is -2.20. The lowest BCUT2D eigenvalue weighted by Gasteiger charge is -2.18. The number of hydrogen-bond donors (Lipinski definition) is 0. The lowest BCUT2D eigenvalue weighted by molar-refractivity contribution is -0.138. The zero-order valence-electron chi connectivity index (χ0n) is 19.1. The quantitative estimate of drug-likeness (QED) is 0.189. The van der Waals surface area contributed by atoms with E-state index in [9.17, 15) is 14.9 Å². The van der Waals surface area contributed by atoms with Crippen LogP contribution in [0.4, 0.5) is 0 Å². The van der Waals surface area contributed by atoms with Gasteiger partial charge in [0.25, 0.3) is 0 Å². The highest BCUT2D eigenvalue weighted by Crippen LogP contribution is 2.33. The number of hydrogen-bond acceptors (Lipinski definition) is 6. The van der Waals surface area contributed by atoms with E-state index in [1.54, 1.807) is 25.1 Å². The van der Waals surface area contributed by atoms with Gasteiger partial charge in [0.15, 0.2) is 11.5 Å². The van der Waals surface area contributed by atoms with Crippen LogP contribution in [-0.2, 0) is 14.3 Å². The topological polar surface area (TPSA) is 85.6 Å². The molecule has 3 aromatic carbocycles. The second kappa shape index (κ2) is 12.0. The summed E-state index contributed by atoms with van der Waals surface area (Å²) in [7, 11) is 0. The third-order valence-electron chi connectivity index (χ3n) is 4.91. The van der Waals surface area contributed by atoms with Crippen molar-refractivity contribution in [2.24, 2.45) is 0 Å². The van der Waals surface area contributed by atoms with Crippen molar-refractivity contribution in [1.82, 2.24) is 0 Å². The number of rotatable bonds is 9. The Balaban J connectivity index is 1.93. The minimum absolute atomic E-state index is 0.137. The third-order valence-corrected chi connectivity index (χ3v) is 4.91. The van der Waals surface area contributed by atoms with Crippen LogP contribution in [-0.4, -0.2) is 25.2 Å². The zero-order chi connectivity index (χ0) is 24.3. The standard InChI is InChI=1S/C28H25NO5/c1-3-32-25-18-20(17-23(19-29)27(30)33-4-2)15-16-24(25)34-28(31)26(21-11-7-5-8-12-21)22-13-9-6-10-14-22/h5-18,26H,3-4H2,1-2H3/b23-17+. The largest absolute Gasteiger partial charge is 0.490 e. The number of nitriles is 1. The molecule has 0 saturated heterocycles.